The molecule has 0 bridgehead atoms. The Labute approximate surface area is 133 Å². The van der Waals surface area contributed by atoms with E-state index in [2.05, 4.69) is 4.40 Å². The number of sulfonamides is 1. The Hall–Kier alpha value is -2.48. The number of hydrogen-bond donors (Lipinski definition) is 0. The Morgan fingerprint density at radius 3 is 2.83 bits per heavy atom. The highest BCUT2D eigenvalue weighted by Crippen LogP contribution is 2.23. The molecule has 0 unspecified atom stereocenters. The number of carbonyl (C=O) groups excluding carboxylic acids is 1. The van der Waals surface area contributed by atoms with Crippen LogP contribution >= 0.6 is 0 Å². The summed E-state index contributed by atoms with van der Waals surface area (Å²) in [6.07, 6.45) is 4.78. The molecule has 1 amide bonds. The van der Waals surface area contributed by atoms with Crippen LogP contribution in [0.4, 0.5) is 10.1 Å². The number of anilines is 1. The maximum atomic E-state index is 13.9. The Bertz CT molecular complexity index is 858. The van der Waals surface area contributed by atoms with Crippen molar-refractivity contribution in [3.05, 3.63) is 54.0 Å². The highest BCUT2D eigenvalue weighted by Gasteiger charge is 2.31. The van der Waals surface area contributed by atoms with E-state index < -0.39 is 21.7 Å². The number of amides is 1. The van der Waals surface area contributed by atoms with Crippen molar-refractivity contribution in [3.8, 4) is 0 Å². The second-order valence-corrected chi connectivity index (χ2v) is 6.89. The fourth-order valence-electron chi connectivity index (χ4n) is 2.40. The average molecular weight is 335 g/mol. The summed E-state index contributed by atoms with van der Waals surface area (Å²) in [5.74, 6) is -1.09. The van der Waals surface area contributed by atoms with Gasteiger partial charge in [-0.1, -0.05) is 12.1 Å². The van der Waals surface area contributed by atoms with Gasteiger partial charge in [0.15, 0.2) is 5.84 Å². The molecular formula is C15H14FN3O3S. The predicted octanol–water partition coefficient (Wildman–Crippen LogP) is 1.29. The number of nitrogens with zero attached hydrogens (tertiary/aromatic N) is 3. The zero-order chi connectivity index (χ0) is 16.6. The Balaban J connectivity index is 1.99. The molecule has 0 saturated heterocycles. The van der Waals surface area contributed by atoms with Crippen molar-refractivity contribution in [2.75, 3.05) is 24.2 Å². The average Bonchev–Trinajstić information content (AvgIpc) is 2.52. The van der Waals surface area contributed by atoms with E-state index in [0.29, 0.717) is 0 Å². The number of amidine groups is 1. The van der Waals surface area contributed by atoms with Crippen LogP contribution < -0.4 is 4.90 Å². The van der Waals surface area contributed by atoms with Crippen molar-refractivity contribution in [3.63, 3.8) is 0 Å². The number of halogens is 1. The van der Waals surface area contributed by atoms with E-state index in [1.807, 2.05) is 0 Å². The summed E-state index contributed by atoms with van der Waals surface area (Å²) in [6, 6.07) is 5.87. The first kappa shape index (κ1) is 15.4. The Morgan fingerprint density at radius 2 is 2.09 bits per heavy atom. The molecule has 1 aromatic carbocycles. The van der Waals surface area contributed by atoms with E-state index in [-0.39, 0.29) is 29.4 Å². The van der Waals surface area contributed by atoms with Gasteiger partial charge in [0.2, 0.25) is 0 Å². The molecule has 0 aliphatic carbocycles. The summed E-state index contributed by atoms with van der Waals surface area (Å²) in [5, 5.41) is 0. The molecule has 6 nitrogen and oxygen atoms in total. The van der Waals surface area contributed by atoms with Crippen LogP contribution in [-0.2, 0) is 14.8 Å². The third-order valence-corrected chi connectivity index (χ3v) is 4.76. The van der Waals surface area contributed by atoms with Gasteiger partial charge >= 0.3 is 0 Å². The molecule has 0 radical (unpaired) electrons. The van der Waals surface area contributed by atoms with E-state index in [1.54, 1.807) is 23.2 Å². The number of para-hydroxylation sites is 1. The molecule has 2 heterocycles. The van der Waals surface area contributed by atoms with E-state index in [1.165, 1.54) is 31.3 Å². The standard InChI is InChI=1S/C15H14FN3O3S/c1-18(13-7-3-2-6-12(13)16)15(20)11-5-4-8-19-9-10-23(21,22)17-14(11)19/h2-8H,9-10H2,1H3. The first-order valence-electron chi connectivity index (χ1n) is 6.90. The molecule has 0 saturated carbocycles. The van der Waals surface area contributed by atoms with Gasteiger partial charge in [0.05, 0.1) is 17.0 Å². The number of likely N-dealkylation sites (N-methyl/N-ethyl adjacent to an activating group) is 1. The Morgan fingerprint density at radius 1 is 1.35 bits per heavy atom. The third kappa shape index (κ3) is 2.89. The van der Waals surface area contributed by atoms with Crippen molar-refractivity contribution >= 4 is 27.5 Å². The first-order chi connectivity index (χ1) is 10.9. The summed E-state index contributed by atoms with van der Waals surface area (Å²) in [5.41, 5.74) is 0.222. The lowest BCUT2D eigenvalue weighted by Crippen LogP contribution is -2.42. The molecular weight excluding hydrogens is 321 g/mol. The third-order valence-electron chi connectivity index (χ3n) is 3.61. The summed E-state index contributed by atoms with van der Waals surface area (Å²) in [7, 11) is -2.16. The molecule has 8 heteroatoms. The van der Waals surface area contributed by atoms with Crippen LogP contribution in [0.1, 0.15) is 0 Å². The number of allylic oxidation sites excluding steroid dienone is 2. The van der Waals surface area contributed by atoms with Gasteiger partial charge in [-0.05, 0) is 24.3 Å². The molecule has 2 aliphatic heterocycles. The van der Waals surface area contributed by atoms with Gasteiger partial charge in [0.1, 0.15) is 5.82 Å². The zero-order valence-corrected chi connectivity index (χ0v) is 13.1. The summed E-state index contributed by atoms with van der Waals surface area (Å²) >= 11 is 0. The molecule has 23 heavy (non-hydrogen) atoms. The van der Waals surface area contributed by atoms with Crippen molar-refractivity contribution in [2.45, 2.75) is 0 Å². The van der Waals surface area contributed by atoms with Crippen LogP contribution in [0.15, 0.2) is 52.6 Å². The van der Waals surface area contributed by atoms with Gasteiger partial charge in [-0.25, -0.2) is 12.8 Å². The summed E-state index contributed by atoms with van der Waals surface area (Å²) in [6.45, 7) is 0.228. The fourth-order valence-corrected chi connectivity index (χ4v) is 3.38. The van der Waals surface area contributed by atoms with Crippen molar-refractivity contribution in [1.82, 2.24) is 4.90 Å². The van der Waals surface area contributed by atoms with Crippen molar-refractivity contribution in [1.29, 1.82) is 0 Å². The molecule has 0 spiro atoms. The highest BCUT2D eigenvalue weighted by atomic mass is 32.2. The maximum absolute atomic E-state index is 13.9. The lowest BCUT2D eigenvalue weighted by atomic mass is 10.1. The number of rotatable bonds is 2. The zero-order valence-electron chi connectivity index (χ0n) is 12.3. The number of fused-ring (bicyclic) bond motifs is 1. The van der Waals surface area contributed by atoms with Crippen LogP contribution in [0.25, 0.3) is 0 Å². The molecule has 0 N–H and O–H groups in total. The first-order valence-corrected chi connectivity index (χ1v) is 8.51. The molecule has 2 aliphatic rings. The van der Waals surface area contributed by atoms with E-state index in [9.17, 15) is 17.6 Å². The second kappa shape index (κ2) is 5.62. The van der Waals surface area contributed by atoms with Gasteiger partial charge in [-0.3, -0.25) is 4.79 Å². The number of benzene rings is 1. The van der Waals surface area contributed by atoms with E-state index in [4.69, 9.17) is 0 Å². The molecule has 0 atom stereocenters. The monoisotopic (exact) mass is 335 g/mol. The van der Waals surface area contributed by atoms with Gasteiger partial charge in [0, 0.05) is 19.8 Å². The molecule has 120 valence electrons. The van der Waals surface area contributed by atoms with Crippen LogP contribution in [0, 0.1) is 5.82 Å². The minimum Gasteiger partial charge on any atom is -0.331 e. The van der Waals surface area contributed by atoms with Crippen molar-refractivity contribution < 1.29 is 17.6 Å². The van der Waals surface area contributed by atoms with E-state index >= 15 is 0 Å². The topological polar surface area (TPSA) is 70.1 Å². The summed E-state index contributed by atoms with van der Waals surface area (Å²) < 4.78 is 41.0. The van der Waals surface area contributed by atoms with Crippen LogP contribution in [0.3, 0.4) is 0 Å². The summed E-state index contributed by atoms with van der Waals surface area (Å²) in [4.78, 5) is 15.4. The van der Waals surface area contributed by atoms with Crippen LogP contribution in [0.2, 0.25) is 0 Å². The highest BCUT2D eigenvalue weighted by molar-refractivity contribution is 7.90. The molecule has 0 fully saturated rings. The minimum absolute atomic E-state index is 0.0759. The number of hydrogen-bond acceptors (Lipinski definition) is 4. The normalized spacial score (nSPS) is 18.8. The van der Waals surface area contributed by atoms with Gasteiger partial charge in [-0.15, -0.1) is 4.40 Å². The molecule has 1 aromatic rings. The quantitative estimate of drug-likeness (QED) is 0.816. The predicted molar refractivity (Wildman–Crippen MR) is 85.0 cm³/mol. The van der Waals surface area contributed by atoms with Gasteiger partial charge in [0.25, 0.3) is 15.9 Å². The SMILES string of the molecule is CN(C(=O)C1=CC=CN2CCS(=O)(=O)N=C12)c1ccccc1F. The van der Waals surface area contributed by atoms with Crippen LogP contribution in [-0.4, -0.2) is 44.4 Å². The lowest BCUT2D eigenvalue weighted by Gasteiger charge is -2.30. The molecule has 0 aromatic heterocycles. The molecule has 3 rings (SSSR count). The van der Waals surface area contributed by atoms with Crippen molar-refractivity contribution in [2.24, 2.45) is 4.40 Å². The smallest absolute Gasteiger partial charge is 0.261 e. The van der Waals surface area contributed by atoms with Gasteiger partial charge in [-0.2, -0.15) is 0 Å². The van der Waals surface area contributed by atoms with Crippen LogP contribution in [0.5, 0.6) is 0 Å². The Kier molecular flexibility index (Phi) is 3.77. The number of carbonyl (C=O) groups is 1. The van der Waals surface area contributed by atoms with Gasteiger partial charge < -0.3 is 9.80 Å². The lowest BCUT2D eigenvalue weighted by molar-refractivity contribution is -0.114. The van der Waals surface area contributed by atoms with E-state index in [0.717, 1.165) is 4.90 Å². The second-order valence-electron chi connectivity index (χ2n) is 5.13. The largest absolute Gasteiger partial charge is 0.331 e. The maximum Gasteiger partial charge on any atom is 0.261 e. The minimum atomic E-state index is -3.59. The fraction of sp³-hybridized carbons (Fsp3) is 0.200.